The third-order valence-electron chi connectivity index (χ3n) is 4.40. The molecular weight excluding hydrogens is 344 g/mol. The summed E-state index contributed by atoms with van der Waals surface area (Å²) in [5, 5.41) is 11.6. The van der Waals surface area contributed by atoms with Gasteiger partial charge in [0, 0.05) is 6.04 Å². The van der Waals surface area contributed by atoms with Gasteiger partial charge < -0.3 is 10.1 Å². The van der Waals surface area contributed by atoms with Gasteiger partial charge in [0.15, 0.2) is 0 Å². The fraction of sp³-hybridized carbons (Fsp3) is 0.300. The Labute approximate surface area is 157 Å². The highest BCUT2D eigenvalue weighted by Gasteiger charge is 2.14. The second kappa shape index (κ2) is 8.44. The molecule has 0 aliphatic heterocycles. The average molecular weight is 366 g/mol. The van der Waals surface area contributed by atoms with Gasteiger partial charge in [-0.3, -0.25) is 9.59 Å². The minimum Gasteiger partial charge on any atom is -0.497 e. The number of benzene rings is 2. The molecule has 0 bridgehead atoms. The van der Waals surface area contributed by atoms with Crippen molar-refractivity contribution >= 4 is 16.8 Å². The summed E-state index contributed by atoms with van der Waals surface area (Å²) in [6.45, 7) is 2.24. The van der Waals surface area contributed by atoms with E-state index in [4.69, 9.17) is 4.74 Å². The number of carbonyl (C=O) groups is 1. The number of amides is 1. The summed E-state index contributed by atoms with van der Waals surface area (Å²) in [6, 6.07) is 14.3. The molecule has 7 nitrogen and oxygen atoms in total. The standard InChI is InChI=1S/C20H22N4O3/c1-3-15(21-19(25)12-14-8-10-16(27-2)11-9-14)13-24-20(26)17-6-4-5-7-18(17)22-23-24/h4-11,15H,3,12-13H2,1-2H3,(H,21,25)/t15-/m1/s1. The molecule has 0 fully saturated rings. The first-order valence-corrected chi connectivity index (χ1v) is 8.85. The van der Waals surface area contributed by atoms with Gasteiger partial charge in [-0.1, -0.05) is 36.4 Å². The predicted octanol–water partition coefficient (Wildman–Crippen LogP) is 1.94. The fourth-order valence-corrected chi connectivity index (χ4v) is 2.84. The van der Waals surface area contributed by atoms with Crippen LogP contribution in [0, 0.1) is 0 Å². The predicted molar refractivity (Wildman–Crippen MR) is 103 cm³/mol. The van der Waals surface area contributed by atoms with Crippen molar-refractivity contribution in [1.29, 1.82) is 0 Å². The summed E-state index contributed by atoms with van der Waals surface area (Å²) in [7, 11) is 1.60. The van der Waals surface area contributed by atoms with Crippen molar-refractivity contribution in [1.82, 2.24) is 20.3 Å². The topological polar surface area (TPSA) is 86.1 Å². The van der Waals surface area contributed by atoms with Crippen LogP contribution in [-0.4, -0.2) is 34.1 Å². The lowest BCUT2D eigenvalue weighted by atomic mass is 10.1. The van der Waals surface area contributed by atoms with Crippen LogP contribution in [0.4, 0.5) is 0 Å². The van der Waals surface area contributed by atoms with E-state index in [9.17, 15) is 9.59 Å². The van der Waals surface area contributed by atoms with Crippen LogP contribution in [0.25, 0.3) is 10.9 Å². The zero-order chi connectivity index (χ0) is 19.2. The Kier molecular flexibility index (Phi) is 5.80. The Morgan fingerprint density at radius 3 is 2.63 bits per heavy atom. The lowest BCUT2D eigenvalue weighted by Crippen LogP contribution is -2.41. The van der Waals surface area contributed by atoms with Crippen molar-refractivity contribution in [3.8, 4) is 5.75 Å². The van der Waals surface area contributed by atoms with Crippen LogP contribution in [0.5, 0.6) is 5.75 Å². The van der Waals surface area contributed by atoms with Crippen molar-refractivity contribution in [2.24, 2.45) is 0 Å². The highest BCUT2D eigenvalue weighted by Crippen LogP contribution is 2.12. The van der Waals surface area contributed by atoms with Crippen molar-refractivity contribution in [2.45, 2.75) is 32.4 Å². The van der Waals surface area contributed by atoms with Crippen LogP contribution in [0.3, 0.4) is 0 Å². The zero-order valence-corrected chi connectivity index (χ0v) is 15.4. The van der Waals surface area contributed by atoms with Gasteiger partial charge in [-0.25, -0.2) is 4.68 Å². The second-order valence-electron chi connectivity index (χ2n) is 6.29. The largest absolute Gasteiger partial charge is 0.497 e. The molecule has 0 radical (unpaired) electrons. The van der Waals surface area contributed by atoms with Gasteiger partial charge in [0.2, 0.25) is 5.91 Å². The van der Waals surface area contributed by atoms with E-state index >= 15 is 0 Å². The molecular formula is C20H22N4O3. The van der Waals surface area contributed by atoms with Gasteiger partial charge in [-0.15, -0.1) is 5.10 Å². The number of carbonyl (C=O) groups excluding carboxylic acids is 1. The Morgan fingerprint density at radius 2 is 1.93 bits per heavy atom. The minimum atomic E-state index is -0.205. The number of fused-ring (bicyclic) bond motifs is 1. The first kappa shape index (κ1) is 18.6. The van der Waals surface area contributed by atoms with Crippen LogP contribution in [0.2, 0.25) is 0 Å². The van der Waals surface area contributed by atoms with Gasteiger partial charge >= 0.3 is 0 Å². The normalized spacial score (nSPS) is 11.9. The van der Waals surface area contributed by atoms with Crippen LogP contribution in [0.15, 0.2) is 53.3 Å². The molecule has 0 saturated heterocycles. The van der Waals surface area contributed by atoms with E-state index in [0.29, 0.717) is 17.3 Å². The van der Waals surface area contributed by atoms with Crippen LogP contribution in [-0.2, 0) is 17.8 Å². The summed E-state index contributed by atoms with van der Waals surface area (Å²) >= 11 is 0. The third kappa shape index (κ3) is 4.49. The molecule has 1 amide bonds. The molecule has 0 aliphatic carbocycles. The molecule has 1 heterocycles. The minimum absolute atomic E-state index is 0.103. The van der Waals surface area contributed by atoms with Crippen LogP contribution < -0.4 is 15.6 Å². The lowest BCUT2D eigenvalue weighted by Gasteiger charge is -2.17. The average Bonchev–Trinajstić information content (AvgIpc) is 2.70. The van der Waals surface area contributed by atoms with Gasteiger partial charge in [-0.05, 0) is 36.2 Å². The Morgan fingerprint density at radius 1 is 1.19 bits per heavy atom. The molecule has 0 unspecified atom stereocenters. The smallest absolute Gasteiger partial charge is 0.277 e. The number of nitrogens with zero attached hydrogens (tertiary/aromatic N) is 3. The molecule has 27 heavy (non-hydrogen) atoms. The zero-order valence-electron chi connectivity index (χ0n) is 15.4. The lowest BCUT2D eigenvalue weighted by molar-refractivity contribution is -0.121. The molecule has 0 saturated carbocycles. The summed E-state index contributed by atoms with van der Waals surface area (Å²) in [6.07, 6.45) is 0.939. The molecule has 7 heteroatoms. The molecule has 2 aromatic carbocycles. The Balaban J connectivity index is 1.67. The third-order valence-corrected chi connectivity index (χ3v) is 4.40. The van der Waals surface area contributed by atoms with Gasteiger partial charge in [0.25, 0.3) is 5.56 Å². The maximum atomic E-state index is 12.6. The quantitative estimate of drug-likeness (QED) is 0.691. The first-order valence-electron chi connectivity index (χ1n) is 8.85. The number of rotatable bonds is 7. The molecule has 1 N–H and O–H groups in total. The summed E-state index contributed by atoms with van der Waals surface area (Å²) < 4.78 is 6.43. The molecule has 0 spiro atoms. The number of ether oxygens (including phenoxy) is 1. The monoisotopic (exact) mass is 366 g/mol. The summed E-state index contributed by atoms with van der Waals surface area (Å²) in [4.78, 5) is 24.9. The van der Waals surface area contributed by atoms with E-state index in [0.717, 1.165) is 11.3 Å². The van der Waals surface area contributed by atoms with Crippen molar-refractivity contribution < 1.29 is 9.53 Å². The van der Waals surface area contributed by atoms with E-state index in [1.165, 1.54) is 4.68 Å². The Hall–Kier alpha value is -3.22. The number of hydrogen-bond donors (Lipinski definition) is 1. The maximum absolute atomic E-state index is 12.6. The second-order valence-corrected chi connectivity index (χ2v) is 6.29. The highest BCUT2D eigenvalue weighted by molar-refractivity contribution is 5.79. The van der Waals surface area contributed by atoms with Gasteiger partial charge in [0.1, 0.15) is 11.3 Å². The van der Waals surface area contributed by atoms with E-state index in [-0.39, 0.29) is 30.5 Å². The molecule has 1 aromatic heterocycles. The summed E-state index contributed by atoms with van der Waals surface area (Å²) in [5.74, 6) is 0.647. The fourth-order valence-electron chi connectivity index (χ4n) is 2.84. The molecule has 3 aromatic rings. The molecule has 0 aliphatic rings. The van der Waals surface area contributed by atoms with Crippen LogP contribution >= 0.6 is 0 Å². The van der Waals surface area contributed by atoms with E-state index in [2.05, 4.69) is 15.6 Å². The number of hydrogen-bond acceptors (Lipinski definition) is 5. The summed E-state index contributed by atoms with van der Waals surface area (Å²) in [5.41, 5.74) is 1.25. The maximum Gasteiger partial charge on any atom is 0.277 e. The highest BCUT2D eigenvalue weighted by atomic mass is 16.5. The first-order chi connectivity index (χ1) is 13.1. The van der Waals surface area contributed by atoms with E-state index in [1.807, 2.05) is 37.3 Å². The van der Waals surface area contributed by atoms with Crippen molar-refractivity contribution in [3.63, 3.8) is 0 Å². The molecule has 3 rings (SSSR count). The molecule has 1 atom stereocenters. The van der Waals surface area contributed by atoms with Crippen molar-refractivity contribution in [3.05, 3.63) is 64.4 Å². The SMILES string of the molecule is CC[C@H](Cn1nnc2ccccc2c1=O)NC(=O)Cc1ccc(OC)cc1. The van der Waals surface area contributed by atoms with Crippen LogP contribution in [0.1, 0.15) is 18.9 Å². The van der Waals surface area contributed by atoms with E-state index < -0.39 is 0 Å². The van der Waals surface area contributed by atoms with E-state index in [1.54, 1.807) is 25.3 Å². The number of nitrogens with one attached hydrogen (secondary N) is 1. The molecule has 140 valence electrons. The van der Waals surface area contributed by atoms with Gasteiger partial charge in [0.05, 0.1) is 25.5 Å². The number of methoxy groups -OCH3 is 1. The van der Waals surface area contributed by atoms with Gasteiger partial charge in [-0.2, -0.15) is 0 Å². The van der Waals surface area contributed by atoms with Crippen molar-refractivity contribution in [2.75, 3.05) is 7.11 Å². The number of aromatic nitrogens is 3. The Bertz CT molecular complexity index is 982.